The minimum atomic E-state index is -0.827. The zero-order chi connectivity index (χ0) is 21.6. The number of hydrogen-bond donors (Lipinski definition) is 2. The van der Waals surface area contributed by atoms with Crippen molar-refractivity contribution in [3.05, 3.63) is 89.5 Å². The van der Waals surface area contributed by atoms with E-state index < -0.39 is 12.2 Å². The second-order valence-corrected chi connectivity index (χ2v) is 7.67. The van der Waals surface area contributed by atoms with Crippen molar-refractivity contribution in [2.45, 2.75) is 25.4 Å². The summed E-state index contributed by atoms with van der Waals surface area (Å²) < 4.78 is 11.1. The summed E-state index contributed by atoms with van der Waals surface area (Å²) in [5.41, 5.74) is 5.93. The first-order chi connectivity index (χ1) is 15.2. The van der Waals surface area contributed by atoms with Crippen LogP contribution in [0.15, 0.2) is 72.8 Å². The van der Waals surface area contributed by atoms with Gasteiger partial charge in [-0.3, -0.25) is 0 Å². The molecule has 0 saturated carbocycles. The van der Waals surface area contributed by atoms with E-state index in [1.807, 2.05) is 48.5 Å². The Morgan fingerprint density at radius 2 is 1.58 bits per heavy atom. The third kappa shape index (κ3) is 4.89. The van der Waals surface area contributed by atoms with Gasteiger partial charge in [0.15, 0.2) is 0 Å². The summed E-state index contributed by atoms with van der Waals surface area (Å²) in [5.74, 6) is 0.704. The number of carbonyl (C=O) groups is 1. The van der Waals surface area contributed by atoms with Gasteiger partial charge in [0.05, 0.1) is 6.54 Å². The van der Waals surface area contributed by atoms with Crippen LogP contribution in [0.4, 0.5) is 4.79 Å². The Morgan fingerprint density at radius 3 is 2.19 bits per heavy atom. The Hall–Kier alpha value is -3.31. The maximum atomic E-state index is 12.2. The Kier molecular flexibility index (Phi) is 6.53. The number of hydrogen-bond acceptors (Lipinski definition) is 4. The first kappa shape index (κ1) is 20.9. The molecule has 0 bridgehead atoms. The molecule has 5 nitrogen and oxygen atoms in total. The van der Waals surface area contributed by atoms with Crippen molar-refractivity contribution in [3.8, 4) is 16.9 Å². The average molecular weight is 418 g/mol. The molecule has 0 aromatic heterocycles. The van der Waals surface area contributed by atoms with Crippen molar-refractivity contribution >= 4 is 6.09 Å². The van der Waals surface area contributed by atoms with E-state index in [4.69, 9.17) is 9.47 Å². The molecule has 31 heavy (non-hydrogen) atoms. The van der Waals surface area contributed by atoms with Gasteiger partial charge in [-0.05, 0) is 46.4 Å². The Bertz CT molecular complexity index is 986. The van der Waals surface area contributed by atoms with E-state index in [0.29, 0.717) is 5.75 Å². The normalized spacial score (nSPS) is 13.2. The molecule has 0 fully saturated rings. The SMILES string of the molecule is CCc1ccc(OCC(O)CNC(=O)OCC2c3ccccc3-c3ccccc32)cc1. The minimum absolute atomic E-state index is 0.0116. The van der Waals surface area contributed by atoms with E-state index >= 15 is 0 Å². The van der Waals surface area contributed by atoms with Crippen LogP contribution in [-0.4, -0.2) is 37.1 Å². The van der Waals surface area contributed by atoms with Gasteiger partial charge in [0.25, 0.3) is 0 Å². The molecule has 1 aliphatic carbocycles. The Labute approximate surface area is 182 Å². The van der Waals surface area contributed by atoms with Crippen LogP contribution in [0.2, 0.25) is 0 Å². The van der Waals surface area contributed by atoms with Crippen LogP contribution in [0.25, 0.3) is 11.1 Å². The van der Waals surface area contributed by atoms with Crippen LogP contribution in [0.3, 0.4) is 0 Å². The fourth-order valence-electron chi connectivity index (χ4n) is 3.92. The summed E-state index contributed by atoms with van der Waals surface area (Å²) in [7, 11) is 0. The summed E-state index contributed by atoms with van der Waals surface area (Å²) in [4.78, 5) is 12.2. The van der Waals surface area contributed by atoms with E-state index in [1.54, 1.807) is 0 Å². The smallest absolute Gasteiger partial charge is 0.407 e. The quantitative estimate of drug-likeness (QED) is 0.565. The van der Waals surface area contributed by atoms with Crippen molar-refractivity contribution in [2.75, 3.05) is 19.8 Å². The van der Waals surface area contributed by atoms with Gasteiger partial charge in [0, 0.05) is 5.92 Å². The lowest BCUT2D eigenvalue weighted by Gasteiger charge is -2.16. The molecule has 160 valence electrons. The molecule has 3 aromatic rings. The van der Waals surface area contributed by atoms with Crippen molar-refractivity contribution in [1.29, 1.82) is 0 Å². The van der Waals surface area contributed by atoms with Gasteiger partial charge >= 0.3 is 6.09 Å². The number of amides is 1. The van der Waals surface area contributed by atoms with Crippen molar-refractivity contribution in [2.24, 2.45) is 0 Å². The summed E-state index contributed by atoms with van der Waals surface area (Å²) in [5, 5.41) is 12.7. The van der Waals surface area contributed by atoms with Gasteiger partial charge in [-0.25, -0.2) is 4.79 Å². The molecule has 3 aromatic carbocycles. The highest BCUT2D eigenvalue weighted by molar-refractivity contribution is 5.79. The number of aliphatic hydroxyl groups is 1. The van der Waals surface area contributed by atoms with Gasteiger partial charge in [-0.2, -0.15) is 0 Å². The number of fused-ring (bicyclic) bond motifs is 3. The van der Waals surface area contributed by atoms with Crippen LogP contribution in [0.1, 0.15) is 29.5 Å². The molecule has 5 heteroatoms. The molecule has 2 N–H and O–H groups in total. The van der Waals surface area contributed by atoms with E-state index in [9.17, 15) is 9.90 Å². The second-order valence-electron chi connectivity index (χ2n) is 7.67. The number of aliphatic hydroxyl groups excluding tert-OH is 1. The lowest BCUT2D eigenvalue weighted by Crippen LogP contribution is -2.36. The van der Waals surface area contributed by atoms with Crippen LogP contribution in [0.5, 0.6) is 5.75 Å². The van der Waals surface area contributed by atoms with Crippen LogP contribution < -0.4 is 10.1 Å². The molecule has 0 radical (unpaired) electrons. The van der Waals surface area contributed by atoms with E-state index in [1.165, 1.54) is 27.8 Å². The van der Waals surface area contributed by atoms with Crippen LogP contribution in [-0.2, 0) is 11.2 Å². The monoisotopic (exact) mass is 417 g/mol. The number of alkyl carbamates (subject to hydrolysis) is 1. The molecule has 1 unspecified atom stereocenters. The predicted octanol–water partition coefficient (Wildman–Crippen LogP) is 4.53. The van der Waals surface area contributed by atoms with Gasteiger partial charge in [-0.15, -0.1) is 0 Å². The summed E-state index contributed by atoms with van der Waals surface area (Å²) in [6.07, 6.45) is -0.410. The van der Waals surface area contributed by atoms with Crippen LogP contribution >= 0.6 is 0 Å². The topological polar surface area (TPSA) is 67.8 Å². The van der Waals surface area contributed by atoms with Crippen molar-refractivity contribution < 1.29 is 19.4 Å². The second kappa shape index (κ2) is 9.67. The molecule has 1 amide bonds. The average Bonchev–Trinajstić information content (AvgIpc) is 3.14. The number of carbonyl (C=O) groups excluding carboxylic acids is 1. The van der Waals surface area contributed by atoms with Crippen molar-refractivity contribution in [1.82, 2.24) is 5.32 Å². The molecule has 0 saturated heterocycles. The van der Waals surface area contributed by atoms with Gasteiger partial charge < -0.3 is 19.9 Å². The molecule has 0 aliphatic heterocycles. The fourth-order valence-corrected chi connectivity index (χ4v) is 3.92. The maximum Gasteiger partial charge on any atom is 0.407 e. The number of benzene rings is 3. The molecule has 0 spiro atoms. The first-order valence-electron chi connectivity index (χ1n) is 10.6. The lowest BCUT2D eigenvalue weighted by molar-refractivity contribution is 0.0974. The van der Waals surface area contributed by atoms with Crippen molar-refractivity contribution in [3.63, 3.8) is 0 Å². The van der Waals surface area contributed by atoms with Crippen LogP contribution in [0, 0.1) is 0 Å². The van der Waals surface area contributed by atoms with E-state index in [0.717, 1.165) is 6.42 Å². The highest BCUT2D eigenvalue weighted by Gasteiger charge is 2.29. The number of aryl methyl sites for hydroxylation is 1. The predicted molar refractivity (Wildman–Crippen MR) is 120 cm³/mol. The molecule has 0 heterocycles. The highest BCUT2D eigenvalue weighted by Crippen LogP contribution is 2.44. The molecule has 1 atom stereocenters. The zero-order valence-corrected chi connectivity index (χ0v) is 17.6. The third-order valence-corrected chi connectivity index (χ3v) is 5.60. The largest absolute Gasteiger partial charge is 0.491 e. The third-order valence-electron chi connectivity index (χ3n) is 5.60. The number of nitrogens with one attached hydrogen (secondary N) is 1. The first-order valence-corrected chi connectivity index (χ1v) is 10.6. The van der Waals surface area contributed by atoms with Gasteiger partial charge in [0.2, 0.25) is 0 Å². The van der Waals surface area contributed by atoms with Gasteiger partial charge in [0.1, 0.15) is 25.1 Å². The van der Waals surface area contributed by atoms with Gasteiger partial charge in [-0.1, -0.05) is 67.6 Å². The molecule has 4 rings (SSSR count). The van der Waals surface area contributed by atoms with E-state index in [-0.39, 0.29) is 25.7 Å². The maximum absolute atomic E-state index is 12.2. The summed E-state index contributed by atoms with van der Waals surface area (Å²) >= 11 is 0. The Morgan fingerprint density at radius 1 is 0.968 bits per heavy atom. The zero-order valence-electron chi connectivity index (χ0n) is 17.6. The standard InChI is InChI=1S/C26H27NO4/c1-2-18-11-13-20(14-12-18)30-16-19(28)15-27-26(29)31-17-25-23-9-5-3-7-21(23)22-8-4-6-10-24(22)25/h3-14,19,25,28H,2,15-17H2,1H3,(H,27,29). The molecular formula is C26H27NO4. The fraction of sp³-hybridized carbons (Fsp3) is 0.269. The number of ether oxygens (including phenoxy) is 2. The Balaban J connectivity index is 1.25. The number of rotatable bonds is 8. The lowest BCUT2D eigenvalue weighted by atomic mass is 9.98. The highest BCUT2D eigenvalue weighted by atomic mass is 16.5. The summed E-state index contributed by atoms with van der Waals surface area (Å²) in [6, 6.07) is 24.2. The molecular weight excluding hydrogens is 390 g/mol. The minimum Gasteiger partial charge on any atom is -0.491 e. The summed E-state index contributed by atoms with van der Waals surface area (Å²) in [6.45, 7) is 2.49. The van der Waals surface area contributed by atoms with E-state index in [2.05, 4.69) is 36.5 Å². The molecule has 1 aliphatic rings.